The van der Waals surface area contributed by atoms with E-state index in [4.69, 9.17) is 0 Å². The van der Waals surface area contributed by atoms with E-state index in [1.807, 2.05) is 6.92 Å². The number of hydrogen-bond acceptors (Lipinski definition) is 2. The predicted octanol–water partition coefficient (Wildman–Crippen LogP) is 3.07. The maximum Gasteiger partial charge on any atom is 0.251 e. The Morgan fingerprint density at radius 1 is 1.59 bits per heavy atom. The molecule has 1 unspecified atom stereocenters. The fourth-order valence-electron chi connectivity index (χ4n) is 1.57. The van der Waals surface area contributed by atoms with Crippen LogP contribution < -0.4 is 5.32 Å². The third-order valence-corrected chi connectivity index (χ3v) is 3.40. The highest BCUT2D eigenvalue weighted by molar-refractivity contribution is 9.09. The highest BCUT2D eigenvalue weighted by Crippen LogP contribution is 2.16. The molecule has 0 aromatic carbocycles. The number of pyridine rings is 1. The summed E-state index contributed by atoms with van der Waals surface area (Å²) in [6.45, 7) is 6.04. The molecule has 1 aromatic rings. The number of amides is 1. The second-order valence-electron chi connectivity index (χ2n) is 4.49. The van der Waals surface area contributed by atoms with Crippen molar-refractivity contribution >= 4 is 21.8 Å². The Kier molecular flexibility index (Phi) is 5.12. The van der Waals surface area contributed by atoms with Crippen LogP contribution in [-0.2, 0) is 0 Å². The minimum Gasteiger partial charge on any atom is -0.347 e. The van der Waals surface area contributed by atoms with Crippen molar-refractivity contribution in [3.05, 3.63) is 29.6 Å². The Hall–Kier alpha value is -0.900. The van der Waals surface area contributed by atoms with Crippen LogP contribution in [0.15, 0.2) is 18.3 Å². The molecule has 0 radical (unpaired) electrons. The van der Waals surface area contributed by atoms with E-state index in [0.29, 0.717) is 5.56 Å². The minimum absolute atomic E-state index is 0.0270. The molecule has 17 heavy (non-hydrogen) atoms. The summed E-state index contributed by atoms with van der Waals surface area (Å²) in [7, 11) is 0. The first kappa shape index (κ1) is 14.2. The smallest absolute Gasteiger partial charge is 0.251 e. The Morgan fingerprint density at radius 2 is 2.29 bits per heavy atom. The van der Waals surface area contributed by atoms with Crippen molar-refractivity contribution in [1.82, 2.24) is 10.3 Å². The van der Waals surface area contributed by atoms with Crippen molar-refractivity contribution in [2.45, 2.75) is 39.2 Å². The van der Waals surface area contributed by atoms with Crippen molar-refractivity contribution in [2.75, 3.05) is 5.33 Å². The van der Waals surface area contributed by atoms with E-state index in [9.17, 15) is 4.79 Å². The number of carbonyl (C=O) groups is 1. The molecule has 1 amide bonds. The van der Waals surface area contributed by atoms with Gasteiger partial charge in [0.25, 0.3) is 5.91 Å². The van der Waals surface area contributed by atoms with Crippen LogP contribution in [0, 0.1) is 6.92 Å². The lowest BCUT2D eigenvalue weighted by molar-refractivity contribution is 0.0901. The molecule has 1 aromatic heterocycles. The molecule has 0 fully saturated rings. The quantitative estimate of drug-likeness (QED) is 0.849. The number of carbonyl (C=O) groups excluding carboxylic acids is 1. The molecule has 0 aliphatic carbocycles. The molecule has 0 aliphatic heterocycles. The second-order valence-corrected chi connectivity index (χ2v) is 5.29. The van der Waals surface area contributed by atoms with Crippen LogP contribution >= 0.6 is 15.9 Å². The summed E-state index contributed by atoms with van der Waals surface area (Å²) in [4.78, 5) is 16.2. The molecule has 0 saturated heterocycles. The third kappa shape index (κ3) is 4.11. The van der Waals surface area contributed by atoms with Crippen LogP contribution in [0.3, 0.4) is 0 Å². The zero-order valence-corrected chi connectivity index (χ0v) is 12.2. The topological polar surface area (TPSA) is 42.0 Å². The number of alkyl halides is 1. The van der Waals surface area contributed by atoms with Crippen molar-refractivity contribution in [2.24, 2.45) is 0 Å². The van der Waals surface area contributed by atoms with Crippen LogP contribution in [0.25, 0.3) is 0 Å². The molecule has 1 heterocycles. The summed E-state index contributed by atoms with van der Waals surface area (Å²) in [6.07, 6.45) is 3.49. The van der Waals surface area contributed by atoms with Gasteiger partial charge in [0.1, 0.15) is 0 Å². The number of nitrogens with zero attached hydrogens (tertiary/aromatic N) is 1. The largest absolute Gasteiger partial charge is 0.347 e. The van der Waals surface area contributed by atoms with Crippen LogP contribution in [0.1, 0.15) is 42.7 Å². The lowest BCUT2D eigenvalue weighted by atomic mass is 9.95. The van der Waals surface area contributed by atoms with Gasteiger partial charge in [0.2, 0.25) is 0 Å². The zero-order chi connectivity index (χ0) is 12.9. The molecular formula is C13H19BrN2O. The molecule has 0 saturated carbocycles. The highest BCUT2D eigenvalue weighted by atomic mass is 79.9. The first-order chi connectivity index (χ1) is 8.00. The normalized spacial score (nSPS) is 14.1. The molecule has 0 aliphatic rings. The molecule has 94 valence electrons. The average Bonchev–Trinajstić information content (AvgIpc) is 2.29. The molecular weight excluding hydrogens is 280 g/mol. The van der Waals surface area contributed by atoms with E-state index in [0.717, 1.165) is 23.9 Å². The summed E-state index contributed by atoms with van der Waals surface area (Å²) in [5, 5.41) is 3.97. The van der Waals surface area contributed by atoms with Gasteiger partial charge in [-0.1, -0.05) is 22.9 Å². The second kappa shape index (κ2) is 6.15. The lowest BCUT2D eigenvalue weighted by Crippen LogP contribution is -2.45. The van der Waals surface area contributed by atoms with E-state index >= 15 is 0 Å². The van der Waals surface area contributed by atoms with Crippen molar-refractivity contribution < 1.29 is 4.79 Å². The summed E-state index contributed by atoms with van der Waals surface area (Å²) >= 11 is 3.42. The standard InChI is InChI=1S/C13H19BrN2O/c1-4-13(3,6-7-14)16-12(17)11-5-8-15-10(2)9-11/h5,8-9H,4,6-7H2,1-3H3,(H,16,17). The zero-order valence-electron chi connectivity index (χ0n) is 10.6. The Bertz CT molecular complexity index is 395. The first-order valence-corrected chi connectivity index (χ1v) is 6.94. The van der Waals surface area contributed by atoms with Crippen LogP contribution in [0.5, 0.6) is 0 Å². The maximum atomic E-state index is 12.1. The van der Waals surface area contributed by atoms with E-state index in [2.05, 4.69) is 40.1 Å². The summed E-state index contributed by atoms with van der Waals surface area (Å²) in [5.74, 6) is -0.0270. The summed E-state index contributed by atoms with van der Waals surface area (Å²) < 4.78 is 0. The Labute approximate surface area is 111 Å². The Balaban J connectivity index is 2.77. The number of nitrogens with one attached hydrogen (secondary N) is 1. The first-order valence-electron chi connectivity index (χ1n) is 5.82. The molecule has 1 N–H and O–H groups in total. The van der Waals surface area contributed by atoms with E-state index in [1.165, 1.54) is 0 Å². The van der Waals surface area contributed by atoms with Gasteiger partial charge in [-0.05, 0) is 38.8 Å². The number of aromatic nitrogens is 1. The monoisotopic (exact) mass is 298 g/mol. The SMILES string of the molecule is CCC(C)(CCBr)NC(=O)c1ccnc(C)c1. The molecule has 1 atom stereocenters. The van der Waals surface area contributed by atoms with Gasteiger partial charge >= 0.3 is 0 Å². The van der Waals surface area contributed by atoms with Crippen LogP contribution in [0.4, 0.5) is 0 Å². The van der Waals surface area contributed by atoms with Gasteiger partial charge in [-0.25, -0.2) is 0 Å². The van der Waals surface area contributed by atoms with E-state index in [1.54, 1.807) is 18.3 Å². The van der Waals surface area contributed by atoms with Crippen molar-refractivity contribution in [1.29, 1.82) is 0 Å². The molecule has 0 bridgehead atoms. The fraction of sp³-hybridized carbons (Fsp3) is 0.538. The molecule has 1 rings (SSSR count). The van der Waals surface area contributed by atoms with Gasteiger partial charge in [0, 0.05) is 28.3 Å². The molecule has 3 nitrogen and oxygen atoms in total. The average molecular weight is 299 g/mol. The van der Waals surface area contributed by atoms with Crippen molar-refractivity contribution in [3.8, 4) is 0 Å². The Morgan fingerprint density at radius 3 is 2.82 bits per heavy atom. The minimum atomic E-state index is -0.155. The lowest BCUT2D eigenvalue weighted by Gasteiger charge is -2.29. The van der Waals surface area contributed by atoms with Gasteiger partial charge in [-0.15, -0.1) is 0 Å². The van der Waals surface area contributed by atoms with Gasteiger partial charge in [-0.3, -0.25) is 9.78 Å². The number of rotatable bonds is 5. The maximum absolute atomic E-state index is 12.1. The summed E-state index contributed by atoms with van der Waals surface area (Å²) in [6, 6.07) is 3.55. The molecule has 4 heteroatoms. The molecule has 0 spiro atoms. The third-order valence-electron chi connectivity index (χ3n) is 3.00. The van der Waals surface area contributed by atoms with E-state index in [-0.39, 0.29) is 11.4 Å². The predicted molar refractivity (Wildman–Crippen MR) is 73.5 cm³/mol. The summed E-state index contributed by atoms with van der Waals surface area (Å²) in [5.41, 5.74) is 1.38. The number of halogens is 1. The van der Waals surface area contributed by atoms with Gasteiger partial charge in [0.05, 0.1) is 0 Å². The van der Waals surface area contributed by atoms with Crippen LogP contribution in [-0.4, -0.2) is 21.8 Å². The van der Waals surface area contributed by atoms with Gasteiger partial charge in [-0.2, -0.15) is 0 Å². The van der Waals surface area contributed by atoms with Gasteiger partial charge in [0.15, 0.2) is 0 Å². The number of hydrogen-bond donors (Lipinski definition) is 1. The van der Waals surface area contributed by atoms with Gasteiger partial charge < -0.3 is 5.32 Å². The van der Waals surface area contributed by atoms with Crippen LogP contribution in [0.2, 0.25) is 0 Å². The van der Waals surface area contributed by atoms with Crippen molar-refractivity contribution in [3.63, 3.8) is 0 Å². The number of aryl methyl sites for hydroxylation is 1. The van der Waals surface area contributed by atoms with E-state index < -0.39 is 0 Å². The fourth-order valence-corrected chi connectivity index (χ4v) is 2.44. The highest BCUT2D eigenvalue weighted by Gasteiger charge is 2.23.